The SMILES string of the molecule is CCOP(=O)(OCC)/C(F)=C(\c1ccccc1)S(=O)(=O)c1ccccc1. The lowest BCUT2D eigenvalue weighted by molar-refractivity contribution is 0.220. The van der Waals surface area contributed by atoms with Gasteiger partial charge in [0.2, 0.25) is 15.4 Å². The average Bonchev–Trinajstić information content (AvgIpc) is 2.63. The molecular formula is C18H20FO5PS. The van der Waals surface area contributed by atoms with Crippen LogP contribution in [0.2, 0.25) is 0 Å². The minimum atomic E-state index is -4.42. The molecule has 140 valence electrons. The summed E-state index contributed by atoms with van der Waals surface area (Å²) in [5, 5.41) is 0. The third-order valence-corrected chi connectivity index (χ3v) is 7.28. The third-order valence-electron chi connectivity index (χ3n) is 3.38. The average molecular weight is 398 g/mol. The normalized spacial score (nSPS) is 13.3. The van der Waals surface area contributed by atoms with E-state index in [0.717, 1.165) is 0 Å². The molecule has 0 amide bonds. The van der Waals surface area contributed by atoms with Crippen molar-refractivity contribution >= 4 is 22.3 Å². The van der Waals surface area contributed by atoms with Crippen molar-refractivity contribution in [3.8, 4) is 0 Å². The molecule has 2 aromatic rings. The lowest BCUT2D eigenvalue weighted by atomic mass is 10.2. The Bertz CT molecular complexity index is 901. The number of rotatable bonds is 8. The van der Waals surface area contributed by atoms with E-state index in [-0.39, 0.29) is 23.7 Å². The van der Waals surface area contributed by atoms with Gasteiger partial charge in [0.05, 0.1) is 18.1 Å². The Balaban J connectivity index is 2.79. The zero-order valence-corrected chi connectivity index (χ0v) is 16.2. The van der Waals surface area contributed by atoms with Crippen LogP contribution >= 0.6 is 7.60 Å². The monoisotopic (exact) mass is 398 g/mol. The van der Waals surface area contributed by atoms with Gasteiger partial charge in [-0.1, -0.05) is 48.5 Å². The molecule has 5 nitrogen and oxygen atoms in total. The fourth-order valence-electron chi connectivity index (χ4n) is 2.31. The second-order valence-electron chi connectivity index (χ2n) is 5.14. The van der Waals surface area contributed by atoms with Crippen LogP contribution in [0.5, 0.6) is 0 Å². The smallest absolute Gasteiger partial charge is 0.304 e. The van der Waals surface area contributed by atoms with Crippen molar-refractivity contribution in [2.45, 2.75) is 18.7 Å². The first-order valence-electron chi connectivity index (χ1n) is 8.01. The summed E-state index contributed by atoms with van der Waals surface area (Å²) in [5.41, 5.74) is -1.36. The predicted octanol–water partition coefficient (Wildman–Crippen LogP) is 5.02. The maximum absolute atomic E-state index is 15.3. The molecule has 8 heteroatoms. The Morgan fingerprint density at radius 2 is 1.38 bits per heavy atom. The van der Waals surface area contributed by atoms with E-state index < -0.39 is 27.9 Å². The standard InChI is InChI=1S/C18H20FO5PS/c1-3-23-25(20,24-4-2)18(19)17(15-11-7-5-8-12-15)26(21,22)16-13-9-6-10-14-16/h5-14H,3-4H2,1-2H3/b18-17+. The van der Waals surface area contributed by atoms with E-state index in [9.17, 15) is 13.0 Å². The van der Waals surface area contributed by atoms with Gasteiger partial charge < -0.3 is 9.05 Å². The highest BCUT2D eigenvalue weighted by Crippen LogP contribution is 2.60. The van der Waals surface area contributed by atoms with Gasteiger partial charge in [-0.3, -0.25) is 4.57 Å². The Hall–Kier alpha value is -1.79. The largest absolute Gasteiger partial charge is 0.390 e. The van der Waals surface area contributed by atoms with Gasteiger partial charge in [0, 0.05) is 0 Å². The Kier molecular flexibility index (Phi) is 6.89. The van der Waals surface area contributed by atoms with Crippen LogP contribution < -0.4 is 0 Å². The molecule has 0 aromatic heterocycles. The highest BCUT2D eigenvalue weighted by molar-refractivity contribution is 8.01. The van der Waals surface area contributed by atoms with Crippen molar-refractivity contribution in [1.82, 2.24) is 0 Å². The predicted molar refractivity (Wildman–Crippen MR) is 99.0 cm³/mol. The van der Waals surface area contributed by atoms with Crippen LogP contribution in [0, 0.1) is 0 Å². The number of benzene rings is 2. The molecule has 0 bridgehead atoms. The van der Waals surface area contributed by atoms with Crippen LogP contribution in [-0.4, -0.2) is 21.6 Å². The molecule has 0 unspecified atom stereocenters. The Morgan fingerprint density at radius 3 is 1.85 bits per heavy atom. The van der Waals surface area contributed by atoms with Crippen molar-refractivity contribution in [2.75, 3.05) is 13.2 Å². The zero-order valence-electron chi connectivity index (χ0n) is 14.5. The fourth-order valence-corrected chi connectivity index (χ4v) is 5.78. The number of hydrogen-bond acceptors (Lipinski definition) is 5. The molecule has 26 heavy (non-hydrogen) atoms. The van der Waals surface area contributed by atoms with Gasteiger partial charge in [-0.15, -0.1) is 0 Å². The molecule has 2 rings (SSSR count). The van der Waals surface area contributed by atoms with Crippen LogP contribution in [0.25, 0.3) is 4.91 Å². The first-order chi connectivity index (χ1) is 12.4. The fraction of sp³-hybridized carbons (Fsp3) is 0.222. The molecule has 0 aliphatic heterocycles. The molecular weight excluding hydrogens is 378 g/mol. The number of hydrogen-bond donors (Lipinski definition) is 0. The summed E-state index contributed by atoms with van der Waals surface area (Å²) in [6.07, 6.45) is 0. The molecule has 0 radical (unpaired) electrons. The summed E-state index contributed by atoms with van der Waals surface area (Å²) in [6, 6.07) is 15.0. The van der Waals surface area contributed by atoms with Crippen molar-refractivity contribution in [3.05, 3.63) is 71.8 Å². The van der Waals surface area contributed by atoms with E-state index in [1.165, 1.54) is 50.2 Å². The van der Waals surface area contributed by atoms with Gasteiger partial charge in [0.1, 0.15) is 4.91 Å². The highest BCUT2D eigenvalue weighted by Gasteiger charge is 2.39. The lowest BCUT2D eigenvalue weighted by Gasteiger charge is -2.18. The van der Waals surface area contributed by atoms with Gasteiger partial charge in [0.15, 0.2) is 0 Å². The van der Waals surface area contributed by atoms with Crippen molar-refractivity contribution in [2.24, 2.45) is 0 Å². The molecule has 0 N–H and O–H groups in total. The summed E-state index contributed by atoms with van der Waals surface area (Å²) in [6.45, 7) is 2.84. The lowest BCUT2D eigenvalue weighted by Crippen LogP contribution is -2.08. The van der Waals surface area contributed by atoms with E-state index in [0.29, 0.717) is 0 Å². The first kappa shape index (κ1) is 20.5. The van der Waals surface area contributed by atoms with Gasteiger partial charge in [-0.05, 0) is 31.5 Å². The molecule has 0 heterocycles. The molecule has 0 fully saturated rings. The molecule has 0 aliphatic rings. The summed E-state index contributed by atoms with van der Waals surface area (Å²) in [5.74, 6) is 0. The quantitative estimate of drug-likeness (QED) is 0.584. The Labute approximate surface area is 152 Å². The first-order valence-corrected chi connectivity index (χ1v) is 11.0. The van der Waals surface area contributed by atoms with Crippen molar-refractivity contribution in [1.29, 1.82) is 0 Å². The second-order valence-corrected chi connectivity index (χ2v) is 8.93. The van der Waals surface area contributed by atoms with Crippen molar-refractivity contribution < 1.29 is 26.4 Å². The maximum Gasteiger partial charge on any atom is 0.390 e. The van der Waals surface area contributed by atoms with Crippen LogP contribution in [0.4, 0.5) is 4.39 Å². The molecule has 0 saturated heterocycles. The van der Waals surface area contributed by atoms with Gasteiger partial charge in [-0.2, -0.15) is 4.39 Å². The summed E-state index contributed by atoms with van der Waals surface area (Å²) in [7, 11) is -8.72. The summed E-state index contributed by atoms with van der Waals surface area (Å²) < 4.78 is 64.4. The molecule has 0 spiro atoms. The summed E-state index contributed by atoms with van der Waals surface area (Å²) in [4.78, 5) is -0.830. The van der Waals surface area contributed by atoms with Crippen LogP contribution in [0.3, 0.4) is 0 Å². The van der Waals surface area contributed by atoms with E-state index in [2.05, 4.69) is 0 Å². The number of halogens is 1. The minimum Gasteiger partial charge on any atom is -0.304 e. The summed E-state index contributed by atoms with van der Waals surface area (Å²) >= 11 is 0. The van der Waals surface area contributed by atoms with Gasteiger partial charge in [0.25, 0.3) is 0 Å². The van der Waals surface area contributed by atoms with Gasteiger partial charge >= 0.3 is 7.60 Å². The zero-order chi connectivity index (χ0) is 19.2. The molecule has 0 saturated carbocycles. The molecule has 2 aromatic carbocycles. The maximum atomic E-state index is 15.3. The minimum absolute atomic E-state index is 0.0634. The number of sulfone groups is 1. The van der Waals surface area contributed by atoms with Crippen LogP contribution in [0.15, 0.2) is 71.1 Å². The van der Waals surface area contributed by atoms with Crippen LogP contribution in [-0.2, 0) is 23.4 Å². The van der Waals surface area contributed by atoms with Gasteiger partial charge in [-0.25, -0.2) is 8.42 Å². The van der Waals surface area contributed by atoms with E-state index in [1.807, 2.05) is 0 Å². The van der Waals surface area contributed by atoms with E-state index >= 15 is 4.39 Å². The van der Waals surface area contributed by atoms with Crippen molar-refractivity contribution in [3.63, 3.8) is 0 Å². The Morgan fingerprint density at radius 1 is 0.923 bits per heavy atom. The van der Waals surface area contributed by atoms with Crippen LogP contribution in [0.1, 0.15) is 19.4 Å². The third kappa shape index (κ3) is 4.30. The van der Waals surface area contributed by atoms with E-state index in [1.54, 1.807) is 24.3 Å². The molecule has 0 atom stereocenters. The highest BCUT2D eigenvalue weighted by atomic mass is 32.2. The topological polar surface area (TPSA) is 69.7 Å². The molecule has 0 aliphatic carbocycles. The second kappa shape index (κ2) is 8.73. The van der Waals surface area contributed by atoms with E-state index in [4.69, 9.17) is 9.05 Å².